The molecule has 1 aromatic rings. The Labute approximate surface area is 108 Å². The lowest BCUT2D eigenvalue weighted by molar-refractivity contribution is 0.571. The van der Waals surface area contributed by atoms with Gasteiger partial charge in [-0.25, -0.2) is 13.1 Å². The van der Waals surface area contributed by atoms with E-state index in [9.17, 15) is 8.42 Å². The third kappa shape index (κ3) is 2.88. The zero-order valence-electron chi connectivity index (χ0n) is 10.5. The van der Waals surface area contributed by atoms with Gasteiger partial charge in [-0.3, -0.25) is 4.98 Å². The molecule has 2 rings (SSSR count). The maximum atomic E-state index is 12.2. The number of pyridine rings is 1. The summed E-state index contributed by atoms with van der Waals surface area (Å²) >= 11 is 0. The lowest BCUT2D eigenvalue weighted by atomic mass is 10.2. The molecule has 1 aromatic heterocycles. The minimum Gasteiger partial charge on any atom is -0.325 e. The molecular weight excluding hydrogens is 250 g/mol. The number of nitrogens with two attached hydrogens (primary N) is 1. The Morgan fingerprint density at radius 2 is 2.33 bits per heavy atom. The average Bonchev–Trinajstić information content (AvgIpc) is 3.07. The summed E-state index contributed by atoms with van der Waals surface area (Å²) in [7, 11) is -3.48. The van der Waals surface area contributed by atoms with Crippen molar-refractivity contribution in [2.45, 2.75) is 43.7 Å². The molecule has 18 heavy (non-hydrogen) atoms. The zero-order valence-corrected chi connectivity index (χ0v) is 11.3. The molecule has 1 saturated carbocycles. The van der Waals surface area contributed by atoms with E-state index in [1.54, 1.807) is 18.3 Å². The molecule has 0 aliphatic heterocycles. The third-order valence-electron chi connectivity index (χ3n) is 3.22. The minimum atomic E-state index is -3.48. The predicted molar refractivity (Wildman–Crippen MR) is 69.3 cm³/mol. The number of nitrogens with zero attached hydrogens (tertiary/aromatic N) is 1. The number of aromatic nitrogens is 1. The third-order valence-corrected chi connectivity index (χ3v) is 4.78. The standard InChI is InChI=1S/C12H19N3O2S/c1-2-4-9-7-10(9)15-18(16,17)12-5-3-6-14-11(12)8-13/h3,5-6,9-10,15H,2,4,7-8,13H2,1H3. The van der Waals surface area contributed by atoms with Crippen LogP contribution in [0.15, 0.2) is 23.2 Å². The summed E-state index contributed by atoms with van der Waals surface area (Å²) in [5.41, 5.74) is 5.93. The van der Waals surface area contributed by atoms with Gasteiger partial charge in [0, 0.05) is 18.8 Å². The molecule has 0 bridgehead atoms. The fraction of sp³-hybridized carbons (Fsp3) is 0.583. The first-order valence-electron chi connectivity index (χ1n) is 6.24. The van der Waals surface area contributed by atoms with Crippen LogP contribution in [-0.2, 0) is 16.6 Å². The van der Waals surface area contributed by atoms with Crippen LogP contribution in [0.5, 0.6) is 0 Å². The average molecular weight is 269 g/mol. The van der Waals surface area contributed by atoms with Gasteiger partial charge in [0.1, 0.15) is 4.90 Å². The number of nitrogens with one attached hydrogen (secondary N) is 1. The Bertz CT molecular complexity index is 516. The fourth-order valence-corrected chi connectivity index (χ4v) is 3.68. The number of rotatable bonds is 6. The van der Waals surface area contributed by atoms with E-state index in [1.807, 2.05) is 0 Å². The lowest BCUT2D eigenvalue weighted by Gasteiger charge is -2.09. The van der Waals surface area contributed by atoms with Crippen LogP contribution in [0, 0.1) is 5.92 Å². The smallest absolute Gasteiger partial charge is 0.242 e. The van der Waals surface area contributed by atoms with E-state index in [-0.39, 0.29) is 17.5 Å². The summed E-state index contributed by atoms with van der Waals surface area (Å²) in [4.78, 5) is 4.21. The SMILES string of the molecule is CCCC1CC1NS(=O)(=O)c1cccnc1CN. The molecule has 1 fully saturated rings. The van der Waals surface area contributed by atoms with Crippen molar-refractivity contribution in [1.82, 2.24) is 9.71 Å². The van der Waals surface area contributed by atoms with Gasteiger partial charge in [0.25, 0.3) is 0 Å². The molecule has 1 aliphatic rings. The van der Waals surface area contributed by atoms with Crippen molar-refractivity contribution in [2.24, 2.45) is 11.7 Å². The van der Waals surface area contributed by atoms with Crippen molar-refractivity contribution in [3.63, 3.8) is 0 Å². The topological polar surface area (TPSA) is 85.1 Å². The van der Waals surface area contributed by atoms with Gasteiger partial charge in [-0.15, -0.1) is 0 Å². The van der Waals surface area contributed by atoms with Crippen LogP contribution in [0.3, 0.4) is 0 Å². The summed E-state index contributed by atoms with van der Waals surface area (Å²) in [5, 5.41) is 0. The fourth-order valence-electron chi connectivity index (χ4n) is 2.17. The Balaban J connectivity index is 2.12. The highest BCUT2D eigenvalue weighted by atomic mass is 32.2. The van der Waals surface area contributed by atoms with Gasteiger partial charge in [0.05, 0.1) is 5.69 Å². The highest BCUT2D eigenvalue weighted by Gasteiger charge is 2.39. The van der Waals surface area contributed by atoms with Crippen LogP contribution in [0.1, 0.15) is 31.9 Å². The first-order chi connectivity index (χ1) is 8.58. The quantitative estimate of drug-likeness (QED) is 0.807. The van der Waals surface area contributed by atoms with Crippen molar-refractivity contribution in [3.05, 3.63) is 24.0 Å². The molecule has 2 unspecified atom stereocenters. The zero-order chi connectivity index (χ0) is 13.2. The maximum absolute atomic E-state index is 12.2. The molecule has 1 aliphatic carbocycles. The van der Waals surface area contributed by atoms with E-state index in [4.69, 9.17) is 5.73 Å². The Hall–Kier alpha value is -0.980. The molecule has 6 heteroatoms. The van der Waals surface area contributed by atoms with Crippen molar-refractivity contribution in [3.8, 4) is 0 Å². The second kappa shape index (κ2) is 5.34. The Morgan fingerprint density at radius 3 is 3.00 bits per heavy atom. The van der Waals surface area contributed by atoms with E-state index in [0.717, 1.165) is 19.3 Å². The van der Waals surface area contributed by atoms with E-state index in [0.29, 0.717) is 11.6 Å². The summed E-state index contributed by atoms with van der Waals surface area (Å²) < 4.78 is 27.1. The maximum Gasteiger partial charge on any atom is 0.242 e. The first-order valence-corrected chi connectivity index (χ1v) is 7.73. The molecule has 0 spiro atoms. The van der Waals surface area contributed by atoms with Gasteiger partial charge in [-0.2, -0.15) is 0 Å². The van der Waals surface area contributed by atoms with Crippen LogP contribution < -0.4 is 10.5 Å². The van der Waals surface area contributed by atoms with E-state index in [2.05, 4.69) is 16.6 Å². The van der Waals surface area contributed by atoms with Crippen molar-refractivity contribution in [1.29, 1.82) is 0 Å². The number of hydrogen-bond acceptors (Lipinski definition) is 4. The van der Waals surface area contributed by atoms with Crippen molar-refractivity contribution in [2.75, 3.05) is 0 Å². The monoisotopic (exact) mass is 269 g/mol. The molecule has 0 aromatic carbocycles. The molecule has 2 atom stereocenters. The summed E-state index contributed by atoms with van der Waals surface area (Å²) in [6, 6.07) is 3.25. The second-order valence-electron chi connectivity index (χ2n) is 4.66. The van der Waals surface area contributed by atoms with Gasteiger partial charge in [0.2, 0.25) is 10.0 Å². The molecule has 5 nitrogen and oxygen atoms in total. The van der Waals surface area contributed by atoms with Crippen molar-refractivity contribution < 1.29 is 8.42 Å². The van der Waals surface area contributed by atoms with E-state index in [1.165, 1.54) is 0 Å². The van der Waals surface area contributed by atoms with Crippen LogP contribution in [-0.4, -0.2) is 19.4 Å². The van der Waals surface area contributed by atoms with E-state index >= 15 is 0 Å². The normalized spacial score (nSPS) is 23.0. The first kappa shape index (κ1) is 13.5. The van der Waals surface area contributed by atoms with E-state index < -0.39 is 10.0 Å². The van der Waals surface area contributed by atoms with Crippen LogP contribution in [0.2, 0.25) is 0 Å². The Morgan fingerprint density at radius 1 is 1.56 bits per heavy atom. The molecule has 0 radical (unpaired) electrons. The lowest BCUT2D eigenvalue weighted by Crippen LogP contribution is -2.28. The highest BCUT2D eigenvalue weighted by Crippen LogP contribution is 2.35. The van der Waals surface area contributed by atoms with Crippen molar-refractivity contribution >= 4 is 10.0 Å². The molecule has 0 amide bonds. The van der Waals surface area contributed by atoms with Gasteiger partial charge >= 0.3 is 0 Å². The van der Waals surface area contributed by atoms with Crippen LogP contribution in [0.4, 0.5) is 0 Å². The van der Waals surface area contributed by atoms with Gasteiger partial charge in [-0.05, 0) is 30.9 Å². The molecular formula is C12H19N3O2S. The van der Waals surface area contributed by atoms with Crippen LogP contribution >= 0.6 is 0 Å². The highest BCUT2D eigenvalue weighted by molar-refractivity contribution is 7.89. The predicted octanol–water partition coefficient (Wildman–Crippen LogP) is 1.01. The molecule has 0 saturated heterocycles. The second-order valence-corrected chi connectivity index (χ2v) is 6.35. The van der Waals surface area contributed by atoms with Gasteiger partial charge in [0.15, 0.2) is 0 Å². The van der Waals surface area contributed by atoms with Gasteiger partial charge in [-0.1, -0.05) is 13.3 Å². The summed E-state index contributed by atoms with van der Waals surface area (Å²) in [6.45, 7) is 2.23. The molecule has 100 valence electrons. The summed E-state index contributed by atoms with van der Waals surface area (Å²) in [5.74, 6) is 0.489. The summed E-state index contributed by atoms with van der Waals surface area (Å²) in [6.07, 6.45) is 4.65. The molecule has 3 N–H and O–H groups in total. The number of hydrogen-bond donors (Lipinski definition) is 2. The number of sulfonamides is 1. The Kier molecular flexibility index (Phi) is 3.99. The largest absolute Gasteiger partial charge is 0.325 e. The van der Waals surface area contributed by atoms with Crippen LogP contribution in [0.25, 0.3) is 0 Å². The molecule has 1 heterocycles. The van der Waals surface area contributed by atoms with Gasteiger partial charge < -0.3 is 5.73 Å². The minimum absolute atomic E-state index is 0.0841.